The predicted molar refractivity (Wildman–Crippen MR) is 61.7 cm³/mol. The van der Waals surface area contributed by atoms with Crippen molar-refractivity contribution in [2.24, 2.45) is 0 Å². The fraction of sp³-hybridized carbons (Fsp3) is 0.545. The predicted octanol–water partition coefficient (Wildman–Crippen LogP) is 0.502. The molecule has 1 aromatic heterocycles. The van der Waals surface area contributed by atoms with Crippen molar-refractivity contribution in [3.8, 4) is 0 Å². The number of hydrogen-bond acceptors (Lipinski definition) is 3. The van der Waals surface area contributed by atoms with E-state index in [1.54, 1.807) is 0 Å². The standard InChI is InChI=1S/C11H17N3O3/c1-7-9(8(2)13-12-7)4-5-10(15)14(3)6-11(16)17/h4-6H2,1-3H3,(H,12,13)(H,16,17). The molecular weight excluding hydrogens is 222 g/mol. The number of carboxylic acids is 1. The highest BCUT2D eigenvalue weighted by Gasteiger charge is 2.14. The van der Waals surface area contributed by atoms with Gasteiger partial charge in [-0.05, 0) is 25.8 Å². The van der Waals surface area contributed by atoms with Crippen molar-refractivity contribution < 1.29 is 14.7 Å². The van der Waals surface area contributed by atoms with E-state index in [0.29, 0.717) is 12.8 Å². The number of amides is 1. The van der Waals surface area contributed by atoms with E-state index < -0.39 is 5.97 Å². The van der Waals surface area contributed by atoms with E-state index >= 15 is 0 Å². The third-order valence-corrected chi connectivity index (χ3v) is 2.67. The van der Waals surface area contributed by atoms with Gasteiger partial charge in [0, 0.05) is 19.2 Å². The molecule has 0 aliphatic heterocycles. The number of nitrogens with one attached hydrogen (secondary N) is 1. The molecule has 1 aromatic rings. The Kier molecular flexibility index (Phi) is 4.25. The number of aromatic amines is 1. The molecule has 94 valence electrons. The molecular formula is C11H17N3O3. The van der Waals surface area contributed by atoms with Crippen LogP contribution in [0.4, 0.5) is 0 Å². The van der Waals surface area contributed by atoms with Gasteiger partial charge in [0.25, 0.3) is 0 Å². The first-order valence-electron chi connectivity index (χ1n) is 5.38. The topological polar surface area (TPSA) is 86.3 Å². The fourth-order valence-electron chi connectivity index (χ4n) is 1.66. The number of rotatable bonds is 5. The highest BCUT2D eigenvalue weighted by atomic mass is 16.4. The molecule has 0 aliphatic rings. The van der Waals surface area contributed by atoms with Gasteiger partial charge in [0.2, 0.25) is 5.91 Å². The first kappa shape index (κ1) is 13.2. The molecule has 0 aromatic carbocycles. The van der Waals surface area contributed by atoms with Gasteiger partial charge >= 0.3 is 5.97 Å². The van der Waals surface area contributed by atoms with E-state index in [2.05, 4.69) is 10.2 Å². The SMILES string of the molecule is Cc1n[nH]c(C)c1CCC(=O)N(C)CC(=O)O. The zero-order valence-corrected chi connectivity index (χ0v) is 10.3. The Labute approximate surface area is 99.6 Å². The van der Waals surface area contributed by atoms with E-state index in [4.69, 9.17) is 5.11 Å². The molecule has 0 bridgehead atoms. The molecule has 0 radical (unpaired) electrons. The quantitative estimate of drug-likeness (QED) is 0.783. The summed E-state index contributed by atoms with van der Waals surface area (Å²) in [4.78, 5) is 23.3. The second-order valence-electron chi connectivity index (χ2n) is 4.06. The lowest BCUT2D eigenvalue weighted by Crippen LogP contribution is -2.32. The van der Waals surface area contributed by atoms with Crippen LogP contribution in [0.25, 0.3) is 0 Å². The van der Waals surface area contributed by atoms with Crippen molar-refractivity contribution in [2.45, 2.75) is 26.7 Å². The number of H-pyrrole nitrogens is 1. The molecule has 1 heterocycles. The second-order valence-corrected chi connectivity index (χ2v) is 4.06. The third kappa shape index (κ3) is 3.58. The molecule has 0 aliphatic carbocycles. The van der Waals surface area contributed by atoms with Crippen molar-refractivity contribution in [3.63, 3.8) is 0 Å². The summed E-state index contributed by atoms with van der Waals surface area (Å²) in [6, 6.07) is 0. The minimum absolute atomic E-state index is 0.174. The molecule has 2 N–H and O–H groups in total. The molecule has 6 nitrogen and oxygen atoms in total. The number of aromatic nitrogens is 2. The van der Waals surface area contributed by atoms with Crippen LogP contribution in [0.5, 0.6) is 0 Å². The van der Waals surface area contributed by atoms with Gasteiger partial charge in [-0.15, -0.1) is 0 Å². The Morgan fingerprint density at radius 1 is 1.41 bits per heavy atom. The Hall–Kier alpha value is -1.85. The van der Waals surface area contributed by atoms with Gasteiger partial charge in [0.15, 0.2) is 0 Å². The number of carboxylic acid groups (broad SMARTS) is 1. The fourth-order valence-corrected chi connectivity index (χ4v) is 1.66. The van der Waals surface area contributed by atoms with E-state index in [-0.39, 0.29) is 12.5 Å². The van der Waals surface area contributed by atoms with Gasteiger partial charge in [-0.25, -0.2) is 0 Å². The first-order valence-corrected chi connectivity index (χ1v) is 5.38. The summed E-state index contributed by atoms with van der Waals surface area (Å²) in [5.41, 5.74) is 2.87. The monoisotopic (exact) mass is 239 g/mol. The normalized spacial score (nSPS) is 10.3. The summed E-state index contributed by atoms with van der Waals surface area (Å²) >= 11 is 0. The molecule has 0 atom stereocenters. The molecule has 6 heteroatoms. The second kappa shape index (κ2) is 5.47. The smallest absolute Gasteiger partial charge is 0.323 e. The summed E-state index contributed by atoms with van der Waals surface area (Å²) in [6.45, 7) is 3.52. The van der Waals surface area contributed by atoms with Gasteiger partial charge in [-0.3, -0.25) is 14.7 Å². The third-order valence-electron chi connectivity index (χ3n) is 2.67. The lowest BCUT2D eigenvalue weighted by atomic mass is 10.1. The average molecular weight is 239 g/mol. The maximum Gasteiger partial charge on any atom is 0.323 e. The van der Waals surface area contributed by atoms with Gasteiger partial charge in [0.05, 0.1) is 5.69 Å². The van der Waals surface area contributed by atoms with E-state index in [1.807, 2.05) is 13.8 Å². The Balaban J connectivity index is 2.51. The molecule has 1 amide bonds. The van der Waals surface area contributed by atoms with Gasteiger partial charge in [-0.2, -0.15) is 5.10 Å². The lowest BCUT2D eigenvalue weighted by Gasteiger charge is -2.14. The Morgan fingerprint density at radius 2 is 2.06 bits per heavy atom. The average Bonchev–Trinajstić information content (AvgIpc) is 2.54. The van der Waals surface area contributed by atoms with Crippen LogP contribution in [0.2, 0.25) is 0 Å². The van der Waals surface area contributed by atoms with Crippen LogP contribution in [0.1, 0.15) is 23.4 Å². The largest absolute Gasteiger partial charge is 0.480 e. The number of carbonyl (C=O) groups is 2. The first-order chi connectivity index (χ1) is 7.91. The molecule has 1 rings (SSSR count). The van der Waals surface area contributed by atoms with Crippen molar-refractivity contribution in [1.29, 1.82) is 0 Å². The minimum atomic E-state index is -1.00. The maximum absolute atomic E-state index is 11.6. The number of likely N-dealkylation sites (N-methyl/N-ethyl adjacent to an activating group) is 1. The number of carbonyl (C=O) groups excluding carboxylic acids is 1. The van der Waals surface area contributed by atoms with Gasteiger partial charge in [-0.1, -0.05) is 0 Å². The van der Waals surface area contributed by atoms with Crippen molar-refractivity contribution >= 4 is 11.9 Å². The van der Waals surface area contributed by atoms with Crippen LogP contribution >= 0.6 is 0 Å². The zero-order valence-electron chi connectivity index (χ0n) is 10.3. The molecule has 0 spiro atoms. The van der Waals surface area contributed by atoms with E-state index in [9.17, 15) is 9.59 Å². The zero-order chi connectivity index (χ0) is 13.0. The highest BCUT2D eigenvalue weighted by molar-refractivity contribution is 5.81. The summed E-state index contributed by atoms with van der Waals surface area (Å²) < 4.78 is 0. The van der Waals surface area contributed by atoms with Gasteiger partial charge in [0.1, 0.15) is 6.54 Å². The number of hydrogen-bond donors (Lipinski definition) is 2. The Morgan fingerprint density at radius 3 is 2.53 bits per heavy atom. The van der Waals surface area contributed by atoms with E-state index in [1.165, 1.54) is 11.9 Å². The number of nitrogens with zero attached hydrogens (tertiary/aromatic N) is 2. The van der Waals surface area contributed by atoms with Crippen LogP contribution < -0.4 is 0 Å². The highest BCUT2D eigenvalue weighted by Crippen LogP contribution is 2.12. The van der Waals surface area contributed by atoms with Crippen LogP contribution in [-0.2, 0) is 16.0 Å². The molecule has 0 unspecified atom stereocenters. The van der Waals surface area contributed by atoms with Crippen molar-refractivity contribution in [1.82, 2.24) is 15.1 Å². The molecule has 0 fully saturated rings. The summed E-state index contributed by atoms with van der Waals surface area (Å²) in [6.07, 6.45) is 0.877. The summed E-state index contributed by atoms with van der Waals surface area (Å²) in [5.74, 6) is -1.18. The number of aryl methyl sites for hydroxylation is 2. The number of aliphatic carboxylic acids is 1. The van der Waals surface area contributed by atoms with Crippen LogP contribution in [0, 0.1) is 13.8 Å². The lowest BCUT2D eigenvalue weighted by molar-refractivity contribution is -0.143. The van der Waals surface area contributed by atoms with Crippen molar-refractivity contribution in [3.05, 3.63) is 17.0 Å². The minimum Gasteiger partial charge on any atom is -0.480 e. The van der Waals surface area contributed by atoms with Gasteiger partial charge < -0.3 is 10.0 Å². The summed E-state index contributed by atoms with van der Waals surface area (Å²) in [5, 5.41) is 15.5. The van der Waals surface area contributed by atoms with Crippen molar-refractivity contribution in [2.75, 3.05) is 13.6 Å². The molecule has 0 saturated heterocycles. The summed E-state index contributed by atoms with van der Waals surface area (Å²) in [7, 11) is 1.49. The molecule has 17 heavy (non-hydrogen) atoms. The van der Waals surface area contributed by atoms with E-state index in [0.717, 1.165) is 17.0 Å². The van der Waals surface area contributed by atoms with Crippen LogP contribution in [0.3, 0.4) is 0 Å². The van der Waals surface area contributed by atoms with Crippen LogP contribution in [0.15, 0.2) is 0 Å². The maximum atomic E-state index is 11.6. The van der Waals surface area contributed by atoms with Crippen LogP contribution in [-0.4, -0.2) is 45.7 Å². The molecule has 0 saturated carbocycles. The Bertz CT molecular complexity index is 406.